The van der Waals surface area contributed by atoms with Crippen LogP contribution in [-0.2, 0) is 0 Å². The molecule has 1 unspecified atom stereocenters. The number of benzene rings is 1. The lowest BCUT2D eigenvalue weighted by molar-refractivity contribution is 0.102. The summed E-state index contributed by atoms with van der Waals surface area (Å²) in [6.07, 6.45) is 6.57. The van der Waals surface area contributed by atoms with Crippen molar-refractivity contribution in [2.45, 2.75) is 38.6 Å². The fourth-order valence-electron chi connectivity index (χ4n) is 3.22. The summed E-state index contributed by atoms with van der Waals surface area (Å²) in [6, 6.07) is 12.0. The summed E-state index contributed by atoms with van der Waals surface area (Å²) in [5.41, 5.74) is 2.31. The average Bonchev–Trinajstić information content (AvgIpc) is 2.63. The highest BCUT2D eigenvalue weighted by molar-refractivity contribution is 9.10. The lowest BCUT2D eigenvalue weighted by atomic mass is 9.99. The second-order valence-electron chi connectivity index (χ2n) is 6.11. The first-order chi connectivity index (χ1) is 11.7. The molecule has 5 heteroatoms. The van der Waals surface area contributed by atoms with E-state index in [9.17, 15) is 4.79 Å². The van der Waals surface area contributed by atoms with Crippen molar-refractivity contribution in [3.8, 4) is 0 Å². The molecule has 1 amide bonds. The van der Waals surface area contributed by atoms with Crippen molar-refractivity contribution in [2.24, 2.45) is 0 Å². The highest BCUT2D eigenvalue weighted by atomic mass is 79.9. The molecule has 0 spiro atoms. The van der Waals surface area contributed by atoms with Crippen LogP contribution in [0.15, 0.2) is 47.1 Å². The van der Waals surface area contributed by atoms with E-state index in [4.69, 9.17) is 0 Å². The molecule has 2 heterocycles. The molecule has 24 heavy (non-hydrogen) atoms. The van der Waals surface area contributed by atoms with Gasteiger partial charge in [-0.05, 0) is 62.1 Å². The topological polar surface area (TPSA) is 45.2 Å². The van der Waals surface area contributed by atoms with Gasteiger partial charge in [0.25, 0.3) is 5.91 Å². The van der Waals surface area contributed by atoms with Crippen LogP contribution in [-0.4, -0.2) is 23.5 Å². The number of halogens is 1. The van der Waals surface area contributed by atoms with Crippen LogP contribution < -0.4 is 10.2 Å². The van der Waals surface area contributed by atoms with Gasteiger partial charge in [0.15, 0.2) is 0 Å². The number of carbonyl (C=O) groups is 1. The third-order valence-electron chi connectivity index (χ3n) is 4.51. The van der Waals surface area contributed by atoms with Crippen LogP contribution in [0.5, 0.6) is 0 Å². The second kappa shape index (κ2) is 7.79. The molecule has 0 aliphatic carbocycles. The van der Waals surface area contributed by atoms with E-state index in [2.05, 4.69) is 38.1 Å². The Labute approximate surface area is 151 Å². The van der Waals surface area contributed by atoms with Crippen LogP contribution in [0.4, 0.5) is 11.4 Å². The van der Waals surface area contributed by atoms with Gasteiger partial charge in [0, 0.05) is 34.6 Å². The zero-order chi connectivity index (χ0) is 16.9. The van der Waals surface area contributed by atoms with E-state index in [0.29, 0.717) is 11.7 Å². The molecule has 1 aliphatic rings. The quantitative estimate of drug-likeness (QED) is 0.813. The summed E-state index contributed by atoms with van der Waals surface area (Å²) in [5, 5.41) is 2.90. The number of anilines is 2. The molecular weight excluding hydrogens is 366 g/mol. The van der Waals surface area contributed by atoms with Crippen molar-refractivity contribution in [3.05, 3.63) is 52.8 Å². The van der Waals surface area contributed by atoms with E-state index in [1.165, 1.54) is 19.3 Å². The summed E-state index contributed by atoms with van der Waals surface area (Å²) in [5.74, 6) is -0.177. The molecule has 1 N–H and O–H groups in total. The van der Waals surface area contributed by atoms with Crippen LogP contribution in [0.25, 0.3) is 0 Å². The molecule has 126 valence electrons. The predicted octanol–water partition coefficient (Wildman–Crippen LogP) is 4.87. The molecule has 2 aromatic rings. The van der Waals surface area contributed by atoms with Crippen LogP contribution in [0, 0.1) is 0 Å². The first-order valence-electron chi connectivity index (χ1n) is 8.47. The zero-order valence-corrected chi connectivity index (χ0v) is 15.4. The molecule has 0 radical (unpaired) electrons. The fourth-order valence-corrected chi connectivity index (χ4v) is 3.48. The van der Waals surface area contributed by atoms with Crippen LogP contribution in [0.3, 0.4) is 0 Å². The van der Waals surface area contributed by atoms with E-state index >= 15 is 0 Å². The van der Waals surface area contributed by atoms with Crippen molar-refractivity contribution in [2.75, 3.05) is 16.8 Å². The number of nitrogens with zero attached hydrogens (tertiary/aromatic N) is 2. The standard InChI is InChI=1S/C19H22BrN3O/c1-2-16-5-3-4-12-23(16)17-10-11-21-18(13-17)19(24)22-15-8-6-14(20)7-9-15/h6-11,13,16H,2-5,12H2,1H3,(H,22,24). The molecule has 0 bridgehead atoms. The number of rotatable bonds is 4. The van der Waals surface area contributed by atoms with E-state index in [-0.39, 0.29) is 5.91 Å². The maximum Gasteiger partial charge on any atom is 0.274 e. The molecule has 1 aromatic heterocycles. The first kappa shape index (κ1) is 17.0. The minimum absolute atomic E-state index is 0.177. The minimum Gasteiger partial charge on any atom is -0.368 e. The summed E-state index contributed by atoms with van der Waals surface area (Å²) in [4.78, 5) is 19.2. The molecule has 1 aliphatic heterocycles. The third-order valence-corrected chi connectivity index (χ3v) is 5.04. The second-order valence-corrected chi connectivity index (χ2v) is 7.03. The number of amides is 1. The Morgan fingerprint density at radius 2 is 2.08 bits per heavy atom. The molecule has 1 fully saturated rings. The van der Waals surface area contributed by atoms with E-state index < -0.39 is 0 Å². The Kier molecular flexibility index (Phi) is 5.51. The fraction of sp³-hybridized carbons (Fsp3) is 0.368. The van der Waals surface area contributed by atoms with Gasteiger partial charge in [-0.3, -0.25) is 9.78 Å². The number of carbonyl (C=O) groups excluding carboxylic acids is 1. The van der Waals surface area contributed by atoms with Crippen LogP contribution in [0.1, 0.15) is 43.1 Å². The summed E-state index contributed by atoms with van der Waals surface area (Å²) < 4.78 is 0.983. The van der Waals surface area contributed by atoms with Crippen molar-refractivity contribution < 1.29 is 4.79 Å². The summed E-state index contributed by atoms with van der Waals surface area (Å²) in [6.45, 7) is 3.28. The summed E-state index contributed by atoms with van der Waals surface area (Å²) >= 11 is 3.39. The molecule has 1 aromatic carbocycles. The molecule has 4 nitrogen and oxygen atoms in total. The number of hydrogen-bond acceptors (Lipinski definition) is 3. The maximum atomic E-state index is 12.5. The third kappa shape index (κ3) is 3.96. The molecule has 0 saturated carbocycles. The molecular formula is C19H22BrN3O. The van der Waals surface area contributed by atoms with E-state index in [1.807, 2.05) is 36.4 Å². The van der Waals surface area contributed by atoms with Gasteiger partial charge in [-0.2, -0.15) is 0 Å². The van der Waals surface area contributed by atoms with Gasteiger partial charge in [-0.1, -0.05) is 22.9 Å². The zero-order valence-electron chi connectivity index (χ0n) is 13.8. The Morgan fingerprint density at radius 1 is 1.29 bits per heavy atom. The smallest absolute Gasteiger partial charge is 0.274 e. The summed E-state index contributed by atoms with van der Waals surface area (Å²) in [7, 11) is 0. The van der Waals surface area contributed by atoms with E-state index in [0.717, 1.165) is 28.8 Å². The largest absolute Gasteiger partial charge is 0.368 e. The van der Waals surface area contributed by atoms with Gasteiger partial charge in [-0.15, -0.1) is 0 Å². The minimum atomic E-state index is -0.177. The SMILES string of the molecule is CCC1CCCCN1c1ccnc(C(=O)Nc2ccc(Br)cc2)c1. The van der Waals surface area contributed by atoms with Gasteiger partial charge in [0.1, 0.15) is 5.69 Å². The number of nitrogens with one attached hydrogen (secondary N) is 1. The average molecular weight is 388 g/mol. The highest BCUT2D eigenvalue weighted by Crippen LogP contribution is 2.26. The molecule has 1 saturated heterocycles. The Morgan fingerprint density at radius 3 is 2.83 bits per heavy atom. The van der Waals surface area contributed by atoms with Crippen LogP contribution in [0.2, 0.25) is 0 Å². The van der Waals surface area contributed by atoms with Crippen molar-refractivity contribution in [1.82, 2.24) is 4.98 Å². The normalized spacial score (nSPS) is 17.6. The number of piperidine rings is 1. The number of pyridine rings is 1. The lowest BCUT2D eigenvalue weighted by Crippen LogP contribution is -2.39. The highest BCUT2D eigenvalue weighted by Gasteiger charge is 2.22. The van der Waals surface area contributed by atoms with Crippen molar-refractivity contribution in [1.29, 1.82) is 0 Å². The van der Waals surface area contributed by atoms with Gasteiger partial charge in [-0.25, -0.2) is 0 Å². The lowest BCUT2D eigenvalue weighted by Gasteiger charge is -2.37. The van der Waals surface area contributed by atoms with Gasteiger partial charge < -0.3 is 10.2 Å². The van der Waals surface area contributed by atoms with Gasteiger partial charge in [0.2, 0.25) is 0 Å². The Bertz CT molecular complexity index is 702. The molecule has 1 atom stereocenters. The van der Waals surface area contributed by atoms with Crippen molar-refractivity contribution >= 4 is 33.2 Å². The molecule has 3 rings (SSSR count). The van der Waals surface area contributed by atoms with Gasteiger partial charge in [0.05, 0.1) is 0 Å². The Balaban J connectivity index is 1.76. The van der Waals surface area contributed by atoms with Gasteiger partial charge >= 0.3 is 0 Å². The number of hydrogen-bond donors (Lipinski definition) is 1. The van der Waals surface area contributed by atoms with Crippen LogP contribution >= 0.6 is 15.9 Å². The monoisotopic (exact) mass is 387 g/mol. The number of aromatic nitrogens is 1. The Hall–Kier alpha value is -1.88. The first-order valence-corrected chi connectivity index (χ1v) is 9.26. The predicted molar refractivity (Wildman–Crippen MR) is 102 cm³/mol. The maximum absolute atomic E-state index is 12.5. The van der Waals surface area contributed by atoms with Crippen molar-refractivity contribution in [3.63, 3.8) is 0 Å². The van der Waals surface area contributed by atoms with E-state index in [1.54, 1.807) is 6.20 Å².